The number of aryl methyl sites for hydroxylation is 1. The number of hydrogen-bond acceptors (Lipinski definition) is 7. The van der Waals surface area contributed by atoms with Gasteiger partial charge >= 0.3 is 5.69 Å². The maximum atomic E-state index is 12.4. The Morgan fingerprint density at radius 2 is 1.74 bits per heavy atom. The van der Waals surface area contributed by atoms with Crippen LogP contribution in [0, 0.1) is 0 Å². The van der Waals surface area contributed by atoms with Gasteiger partial charge in [0.2, 0.25) is 0 Å². The summed E-state index contributed by atoms with van der Waals surface area (Å²) >= 11 is 0.908. The van der Waals surface area contributed by atoms with Gasteiger partial charge in [0, 0.05) is 25.3 Å². The average Bonchev–Trinajstić information content (AvgIpc) is 2.49. The number of carboxylic acid groups (broad SMARTS) is 1. The first-order chi connectivity index (χ1) is 10.6. The van der Waals surface area contributed by atoms with Crippen LogP contribution in [0.2, 0.25) is 0 Å². The molecule has 23 heavy (non-hydrogen) atoms. The number of fused-ring (bicyclic) bond motifs is 1. The Morgan fingerprint density at radius 1 is 1.13 bits per heavy atom. The van der Waals surface area contributed by atoms with Crippen molar-refractivity contribution in [1.82, 2.24) is 19.1 Å². The molecule has 0 aliphatic rings. The zero-order valence-corrected chi connectivity index (χ0v) is 14.3. The van der Waals surface area contributed by atoms with Gasteiger partial charge in [-0.1, -0.05) is 25.6 Å². The lowest BCUT2D eigenvalue weighted by molar-refractivity contribution is -0.304. The standard InChI is InChI=1S/C14H18N4O4S/c1-6(2)9-15-10-8(11(16-9)23-7(3)13(20)21)12(19)18(5)14(22)17(10)4/h6-7H,1-5H3,(H,20,21)/p-1/t7-/m0/s1. The molecule has 2 aromatic rings. The summed E-state index contributed by atoms with van der Waals surface area (Å²) < 4.78 is 2.21. The topological polar surface area (TPSA) is 110 Å². The monoisotopic (exact) mass is 337 g/mol. The molecule has 9 heteroatoms. The minimum Gasteiger partial charge on any atom is -0.549 e. The number of carbonyl (C=O) groups is 1. The summed E-state index contributed by atoms with van der Waals surface area (Å²) in [5.41, 5.74) is -0.851. The molecule has 2 rings (SSSR count). The van der Waals surface area contributed by atoms with E-state index in [1.54, 1.807) is 0 Å². The molecule has 1 atom stereocenters. The normalized spacial score (nSPS) is 12.8. The molecule has 2 aromatic heterocycles. The fourth-order valence-electron chi connectivity index (χ4n) is 2.00. The second kappa shape index (κ2) is 6.15. The highest BCUT2D eigenvalue weighted by atomic mass is 32.2. The third kappa shape index (κ3) is 3.00. The van der Waals surface area contributed by atoms with E-state index in [0.717, 1.165) is 16.3 Å². The Labute approximate surface area is 136 Å². The molecule has 0 saturated heterocycles. The van der Waals surface area contributed by atoms with Crippen molar-refractivity contribution in [3.8, 4) is 0 Å². The summed E-state index contributed by atoms with van der Waals surface area (Å²) in [7, 11) is 2.87. The van der Waals surface area contributed by atoms with Crippen LogP contribution in [0.25, 0.3) is 11.0 Å². The van der Waals surface area contributed by atoms with Crippen molar-refractivity contribution < 1.29 is 9.90 Å². The highest BCUT2D eigenvalue weighted by Gasteiger charge is 2.20. The number of thioether (sulfide) groups is 1. The summed E-state index contributed by atoms with van der Waals surface area (Å²) in [6, 6.07) is 0. The second-order valence-electron chi connectivity index (χ2n) is 5.53. The third-order valence-electron chi connectivity index (χ3n) is 3.42. The molecule has 2 heterocycles. The van der Waals surface area contributed by atoms with Gasteiger partial charge in [0.05, 0.1) is 5.97 Å². The van der Waals surface area contributed by atoms with Crippen LogP contribution in [-0.4, -0.2) is 30.3 Å². The van der Waals surface area contributed by atoms with Crippen LogP contribution in [-0.2, 0) is 18.9 Å². The molecule has 0 saturated carbocycles. The summed E-state index contributed by atoms with van der Waals surface area (Å²) in [5, 5.41) is 10.5. The van der Waals surface area contributed by atoms with E-state index in [1.807, 2.05) is 13.8 Å². The van der Waals surface area contributed by atoms with Crippen molar-refractivity contribution in [2.24, 2.45) is 14.1 Å². The lowest BCUT2D eigenvalue weighted by Gasteiger charge is -2.16. The van der Waals surface area contributed by atoms with E-state index in [4.69, 9.17) is 0 Å². The zero-order chi connectivity index (χ0) is 17.5. The van der Waals surface area contributed by atoms with Crippen LogP contribution in [0.3, 0.4) is 0 Å². The SMILES string of the molecule is CC(C)c1nc(S[C@@H](C)C(=O)[O-])c2c(=O)n(C)c(=O)n(C)c2n1. The zero-order valence-electron chi connectivity index (χ0n) is 13.5. The molecule has 0 fully saturated rings. The third-order valence-corrected chi connectivity index (χ3v) is 4.49. The predicted octanol–water partition coefficient (Wildman–Crippen LogP) is -0.619. The number of hydrogen-bond donors (Lipinski definition) is 0. The first-order valence-electron chi connectivity index (χ1n) is 7.00. The van der Waals surface area contributed by atoms with E-state index in [2.05, 4.69) is 9.97 Å². The molecule has 0 unspecified atom stereocenters. The van der Waals surface area contributed by atoms with E-state index < -0.39 is 22.5 Å². The van der Waals surface area contributed by atoms with E-state index in [0.29, 0.717) is 5.82 Å². The molecule has 0 aliphatic carbocycles. The minimum atomic E-state index is -1.26. The van der Waals surface area contributed by atoms with Gasteiger partial charge in [-0.15, -0.1) is 0 Å². The number of carbonyl (C=O) groups excluding carboxylic acids is 1. The maximum absolute atomic E-state index is 12.4. The summed E-state index contributed by atoms with van der Waals surface area (Å²) in [4.78, 5) is 44.2. The maximum Gasteiger partial charge on any atom is 0.332 e. The number of nitrogens with zero attached hydrogens (tertiary/aromatic N) is 4. The fraction of sp³-hybridized carbons (Fsp3) is 0.500. The molecule has 0 bridgehead atoms. The van der Waals surface area contributed by atoms with Gasteiger partial charge in [-0.3, -0.25) is 13.9 Å². The molecule has 124 valence electrons. The lowest BCUT2D eigenvalue weighted by atomic mass is 10.2. The first-order valence-corrected chi connectivity index (χ1v) is 7.88. The van der Waals surface area contributed by atoms with Crippen LogP contribution >= 0.6 is 11.8 Å². The van der Waals surface area contributed by atoms with Gasteiger partial charge in [-0.25, -0.2) is 14.8 Å². The van der Waals surface area contributed by atoms with Gasteiger partial charge < -0.3 is 9.90 Å². The van der Waals surface area contributed by atoms with E-state index in [-0.39, 0.29) is 22.0 Å². The molecule has 0 aliphatic heterocycles. The Bertz CT molecular complexity index is 900. The average molecular weight is 337 g/mol. The molecule has 8 nitrogen and oxygen atoms in total. The minimum absolute atomic E-state index is 0.0452. The van der Waals surface area contributed by atoms with Crippen molar-refractivity contribution in [3.05, 3.63) is 26.7 Å². The van der Waals surface area contributed by atoms with Crippen molar-refractivity contribution >= 4 is 28.8 Å². The van der Waals surface area contributed by atoms with Crippen molar-refractivity contribution in [1.29, 1.82) is 0 Å². The van der Waals surface area contributed by atoms with Gasteiger partial charge in [-0.2, -0.15) is 0 Å². The largest absolute Gasteiger partial charge is 0.549 e. The highest BCUT2D eigenvalue weighted by molar-refractivity contribution is 8.00. The van der Waals surface area contributed by atoms with Crippen molar-refractivity contribution in [3.63, 3.8) is 0 Å². The Hall–Kier alpha value is -2.16. The number of aromatic nitrogens is 4. The number of rotatable bonds is 4. The Balaban J connectivity index is 2.90. The molecule has 0 amide bonds. The van der Waals surface area contributed by atoms with Crippen LogP contribution < -0.4 is 16.4 Å². The lowest BCUT2D eigenvalue weighted by Crippen LogP contribution is -2.38. The molecule has 0 N–H and O–H groups in total. The van der Waals surface area contributed by atoms with Gasteiger partial charge in [0.15, 0.2) is 5.65 Å². The van der Waals surface area contributed by atoms with Gasteiger partial charge in [0.25, 0.3) is 5.56 Å². The first kappa shape index (κ1) is 17.2. The smallest absolute Gasteiger partial charge is 0.332 e. The van der Waals surface area contributed by atoms with Crippen molar-refractivity contribution in [2.45, 2.75) is 37.0 Å². The van der Waals surface area contributed by atoms with Gasteiger partial charge in [0.1, 0.15) is 16.2 Å². The van der Waals surface area contributed by atoms with E-state index >= 15 is 0 Å². The fourth-order valence-corrected chi connectivity index (χ4v) is 2.88. The number of carboxylic acids is 1. The quantitative estimate of drug-likeness (QED) is 0.540. The summed E-state index contributed by atoms with van der Waals surface area (Å²) in [5.74, 6) is -0.862. The number of aliphatic carboxylic acids is 1. The van der Waals surface area contributed by atoms with Crippen LogP contribution in [0.1, 0.15) is 32.5 Å². The Morgan fingerprint density at radius 3 is 2.26 bits per heavy atom. The van der Waals surface area contributed by atoms with Crippen LogP contribution in [0.5, 0.6) is 0 Å². The van der Waals surface area contributed by atoms with Gasteiger partial charge in [-0.05, 0) is 6.92 Å². The second-order valence-corrected chi connectivity index (χ2v) is 6.85. The molecule has 0 aromatic carbocycles. The van der Waals surface area contributed by atoms with Crippen molar-refractivity contribution in [2.75, 3.05) is 0 Å². The Kier molecular flexibility index (Phi) is 4.60. The summed E-state index contributed by atoms with van der Waals surface area (Å²) in [6.07, 6.45) is 0. The van der Waals surface area contributed by atoms with E-state index in [9.17, 15) is 19.5 Å². The molecular weight excluding hydrogens is 320 g/mol. The molecule has 0 radical (unpaired) electrons. The summed E-state index contributed by atoms with van der Waals surface area (Å²) in [6.45, 7) is 5.20. The molecule has 0 spiro atoms. The van der Waals surface area contributed by atoms with E-state index in [1.165, 1.54) is 25.6 Å². The predicted molar refractivity (Wildman–Crippen MR) is 84.4 cm³/mol. The molecular formula is C14H17N4O4S-. The highest BCUT2D eigenvalue weighted by Crippen LogP contribution is 2.27. The van der Waals surface area contributed by atoms with Crippen LogP contribution in [0.15, 0.2) is 14.6 Å². The van der Waals surface area contributed by atoms with Crippen LogP contribution in [0.4, 0.5) is 0 Å².